The van der Waals surface area contributed by atoms with Gasteiger partial charge in [-0.05, 0) is 33.3 Å². The number of anilines is 1. The molecule has 0 fully saturated rings. The maximum absolute atomic E-state index is 12.2. The van der Waals surface area contributed by atoms with Gasteiger partial charge in [-0.25, -0.2) is 8.78 Å². The van der Waals surface area contributed by atoms with Crippen molar-refractivity contribution in [3.05, 3.63) is 34.7 Å². The highest BCUT2D eigenvalue weighted by Crippen LogP contribution is 2.32. The van der Waals surface area contributed by atoms with Crippen LogP contribution >= 0.6 is 15.9 Å². The largest absolute Gasteiger partial charge is 0.486 e. The number of ether oxygens (including phenoxy) is 1. The molecule has 0 radical (unpaired) electrons. The molecule has 0 saturated heterocycles. The molecule has 2 aromatic rings. The molecule has 2 rings (SSSR count). The van der Waals surface area contributed by atoms with Gasteiger partial charge in [0, 0.05) is 6.20 Å². The van der Waals surface area contributed by atoms with E-state index in [9.17, 15) is 8.78 Å². The van der Waals surface area contributed by atoms with Crippen molar-refractivity contribution < 1.29 is 13.5 Å². The number of aromatic nitrogens is 4. The van der Waals surface area contributed by atoms with E-state index < -0.39 is 13.0 Å². The minimum absolute atomic E-state index is 0.135. The summed E-state index contributed by atoms with van der Waals surface area (Å²) in [5, 5.41) is 24.9. The molecule has 22 heavy (non-hydrogen) atoms. The number of halogens is 3. The van der Waals surface area contributed by atoms with Gasteiger partial charge in [-0.2, -0.15) is 10.5 Å². The maximum atomic E-state index is 12.2. The summed E-state index contributed by atoms with van der Waals surface area (Å²) in [6, 6.07) is 6.77. The van der Waals surface area contributed by atoms with Gasteiger partial charge in [-0.1, -0.05) is 6.07 Å². The van der Waals surface area contributed by atoms with Crippen LogP contribution in [0.2, 0.25) is 0 Å². The normalized spacial score (nSPS) is 11.3. The van der Waals surface area contributed by atoms with Crippen molar-refractivity contribution in [2.75, 3.05) is 11.9 Å². The zero-order chi connectivity index (χ0) is 15.9. The summed E-state index contributed by atoms with van der Waals surface area (Å²) < 4.78 is 29.8. The lowest BCUT2D eigenvalue weighted by Crippen LogP contribution is -2.07. The van der Waals surface area contributed by atoms with Crippen molar-refractivity contribution in [3.8, 4) is 11.8 Å². The van der Waals surface area contributed by atoms with E-state index in [1.165, 1.54) is 6.20 Å². The van der Waals surface area contributed by atoms with Crippen molar-refractivity contribution >= 4 is 27.2 Å². The second-order valence-electron chi connectivity index (χ2n) is 3.87. The molecule has 0 aliphatic heterocycles. The Hall–Kier alpha value is -2.54. The predicted octanol–water partition coefficient (Wildman–Crippen LogP) is 2.58. The fraction of sp³-hybridized carbons (Fsp3) is 0.167. The predicted molar refractivity (Wildman–Crippen MR) is 77.0 cm³/mol. The zero-order valence-corrected chi connectivity index (χ0v) is 12.5. The summed E-state index contributed by atoms with van der Waals surface area (Å²) in [4.78, 5) is 0. The number of nitrogens with zero attached hydrogens (tertiary/aromatic N) is 4. The minimum atomic E-state index is -2.56. The molecular weight excluding hydrogens is 362 g/mol. The van der Waals surface area contributed by atoms with Gasteiger partial charge < -0.3 is 10.1 Å². The Balaban J connectivity index is 2.16. The van der Waals surface area contributed by atoms with E-state index in [0.717, 1.165) is 0 Å². The molecule has 7 nitrogen and oxygen atoms in total. The van der Waals surface area contributed by atoms with E-state index in [4.69, 9.17) is 10.00 Å². The lowest BCUT2D eigenvalue weighted by molar-refractivity contribution is 0.0816. The third-order valence-corrected chi connectivity index (χ3v) is 3.22. The number of alkyl halides is 2. The third kappa shape index (κ3) is 3.98. The summed E-state index contributed by atoms with van der Waals surface area (Å²) in [7, 11) is 0. The Morgan fingerprint density at radius 2 is 2.36 bits per heavy atom. The van der Waals surface area contributed by atoms with Gasteiger partial charge in [-0.15, -0.1) is 10.2 Å². The molecule has 2 N–H and O–H groups in total. The summed E-state index contributed by atoms with van der Waals surface area (Å²) >= 11 is 3.26. The van der Waals surface area contributed by atoms with Crippen LogP contribution in [0.3, 0.4) is 0 Å². The van der Waals surface area contributed by atoms with Crippen molar-refractivity contribution in [1.29, 1.82) is 5.26 Å². The van der Waals surface area contributed by atoms with E-state index >= 15 is 0 Å². The second kappa shape index (κ2) is 7.46. The van der Waals surface area contributed by atoms with E-state index in [2.05, 4.69) is 41.9 Å². The van der Waals surface area contributed by atoms with E-state index in [-0.39, 0.29) is 17.1 Å². The van der Waals surface area contributed by atoms with Crippen LogP contribution in [0.15, 0.2) is 28.9 Å². The summed E-state index contributed by atoms with van der Waals surface area (Å²) in [5.41, 5.74) is 0.683. The standard InChI is InChI=1S/C12H9BrF2N6O/c13-11-8(2-1-3-9(11)22-6-10(14)15)17-5-7(4-16)12-18-20-21-19-12/h1-3,5,10,17H,6H2,(H,18,19,20,21). The van der Waals surface area contributed by atoms with Crippen LogP contribution in [0.25, 0.3) is 5.57 Å². The van der Waals surface area contributed by atoms with E-state index in [1.54, 1.807) is 18.2 Å². The quantitative estimate of drug-likeness (QED) is 0.758. The monoisotopic (exact) mass is 370 g/mol. The first-order valence-corrected chi connectivity index (χ1v) is 6.71. The number of benzene rings is 1. The number of hydrogen-bond donors (Lipinski definition) is 2. The maximum Gasteiger partial charge on any atom is 0.272 e. The molecule has 0 spiro atoms. The molecule has 1 heterocycles. The zero-order valence-electron chi connectivity index (χ0n) is 10.9. The first-order valence-electron chi connectivity index (χ1n) is 5.92. The molecule has 0 atom stereocenters. The molecule has 10 heteroatoms. The van der Waals surface area contributed by atoms with Crippen molar-refractivity contribution in [2.24, 2.45) is 0 Å². The van der Waals surface area contributed by atoms with E-state index in [1.807, 2.05) is 6.07 Å². The molecule has 1 aromatic heterocycles. The molecule has 1 aromatic carbocycles. The first-order chi connectivity index (χ1) is 10.6. The molecular formula is C12H9BrF2N6O. The minimum Gasteiger partial charge on any atom is -0.486 e. The number of tetrazole rings is 1. The number of allylic oxidation sites excluding steroid dienone is 1. The fourth-order valence-corrected chi connectivity index (χ4v) is 1.95. The number of rotatable bonds is 6. The third-order valence-electron chi connectivity index (χ3n) is 2.41. The Labute approximate surface area is 132 Å². The fourth-order valence-electron chi connectivity index (χ4n) is 1.46. The van der Waals surface area contributed by atoms with Crippen LogP contribution in [0, 0.1) is 11.3 Å². The Morgan fingerprint density at radius 1 is 1.55 bits per heavy atom. The smallest absolute Gasteiger partial charge is 0.272 e. The van der Waals surface area contributed by atoms with Crippen LogP contribution < -0.4 is 10.1 Å². The number of H-pyrrole nitrogens is 1. The van der Waals surface area contributed by atoms with Crippen LogP contribution in [-0.4, -0.2) is 33.7 Å². The topological polar surface area (TPSA) is 99.5 Å². The average molecular weight is 371 g/mol. The SMILES string of the molecule is N#CC(=CNc1cccc(OCC(F)F)c1Br)c1nn[nH]n1. The summed E-state index contributed by atoms with van der Waals surface area (Å²) in [6.45, 7) is -0.704. The van der Waals surface area contributed by atoms with Crippen molar-refractivity contribution in [2.45, 2.75) is 6.43 Å². The highest BCUT2D eigenvalue weighted by molar-refractivity contribution is 9.10. The number of aromatic amines is 1. The van der Waals surface area contributed by atoms with Gasteiger partial charge in [0.05, 0.1) is 10.2 Å². The van der Waals surface area contributed by atoms with Gasteiger partial charge >= 0.3 is 0 Å². The molecule has 114 valence electrons. The number of nitrogens with one attached hydrogen (secondary N) is 2. The van der Waals surface area contributed by atoms with Crippen molar-refractivity contribution in [3.63, 3.8) is 0 Å². The van der Waals surface area contributed by atoms with Crippen LogP contribution in [-0.2, 0) is 0 Å². The van der Waals surface area contributed by atoms with Crippen LogP contribution in [0.1, 0.15) is 5.82 Å². The van der Waals surface area contributed by atoms with Gasteiger partial charge in [0.15, 0.2) is 0 Å². The van der Waals surface area contributed by atoms with Crippen molar-refractivity contribution in [1.82, 2.24) is 20.6 Å². The average Bonchev–Trinajstić information content (AvgIpc) is 3.02. The first kappa shape index (κ1) is 15.8. The van der Waals surface area contributed by atoms with Gasteiger partial charge in [-0.3, -0.25) is 0 Å². The molecule has 0 saturated carbocycles. The number of nitriles is 1. The van der Waals surface area contributed by atoms with Crippen LogP contribution in [0.5, 0.6) is 5.75 Å². The lowest BCUT2D eigenvalue weighted by Gasteiger charge is -2.11. The van der Waals surface area contributed by atoms with E-state index in [0.29, 0.717) is 10.2 Å². The Bertz CT molecular complexity index is 698. The molecule has 0 unspecified atom stereocenters. The van der Waals surface area contributed by atoms with Crippen LogP contribution in [0.4, 0.5) is 14.5 Å². The van der Waals surface area contributed by atoms with Gasteiger partial charge in [0.2, 0.25) is 5.82 Å². The summed E-state index contributed by atoms with van der Waals surface area (Å²) in [6.07, 6.45) is -1.19. The molecule has 0 aliphatic carbocycles. The highest BCUT2D eigenvalue weighted by Gasteiger charge is 2.10. The Kier molecular flexibility index (Phi) is 5.37. The van der Waals surface area contributed by atoms with Gasteiger partial charge in [0.1, 0.15) is 24.0 Å². The summed E-state index contributed by atoms with van der Waals surface area (Å²) in [5.74, 6) is 0.396. The second-order valence-corrected chi connectivity index (χ2v) is 4.66. The molecule has 0 bridgehead atoms. The molecule has 0 amide bonds. The molecule has 0 aliphatic rings. The Morgan fingerprint density at radius 3 is 3.00 bits per heavy atom. The lowest BCUT2D eigenvalue weighted by atomic mass is 10.2. The number of hydrogen-bond acceptors (Lipinski definition) is 6. The highest BCUT2D eigenvalue weighted by atomic mass is 79.9. The van der Waals surface area contributed by atoms with Gasteiger partial charge in [0.25, 0.3) is 6.43 Å².